The summed E-state index contributed by atoms with van der Waals surface area (Å²) in [5.41, 5.74) is 4.00. The summed E-state index contributed by atoms with van der Waals surface area (Å²) < 4.78 is 41.5. The van der Waals surface area contributed by atoms with Crippen molar-refractivity contribution in [1.82, 2.24) is 24.6 Å². The number of likely N-dealkylation sites (N-methyl/N-ethyl adjacent to an activating group) is 2. The van der Waals surface area contributed by atoms with Gasteiger partial charge < -0.3 is 24.3 Å². The van der Waals surface area contributed by atoms with E-state index in [1.807, 2.05) is 24.3 Å². The van der Waals surface area contributed by atoms with Crippen LogP contribution in [0.5, 0.6) is 0 Å². The zero-order chi connectivity index (χ0) is 43.3. The summed E-state index contributed by atoms with van der Waals surface area (Å²) >= 11 is 0. The van der Waals surface area contributed by atoms with Crippen LogP contribution in [-0.4, -0.2) is 88.4 Å². The van der Waals surface area contributed by atoms with Crippen LogP contribution in [0.1, 0.15) is 128 Å². The van der Waals surface area contributed by atoms with Crippen LogP contribution >= 0.6 is 0 Å². The number of amides is 2. The molecule has 2 unspecified atom stereocenters. The Kier molecular flexibility index (Phi) is 13.7. The number of nitrogens with zero attached hydrogens (tertiary/aromatic N) is 6. The van der Waals surface area contributed by atoms with Crippen molar-refractivity contribution in [3.8, 4) is 11.5 Å². The zero-order valence-electron chi connectivity index (χ0n) is 35.7. The minimum atomic E-state index is -2.86. The molecule has 2 atom stereocenters. The number of rotatable bonds is 19. The van der Waals surface area contributed by atoms with Gasteiger partial charge in [0.1, 0.15) is 17.8 Å². The number of anilines is 2. The van der Waals surface area contributed by atoms with E-state index in [1.54, 1.807) is 28.9 Å². The second-order valence-corrected chi connectivity index (χ2v) is 17.8. The molecule has 3 aromatic heterocycles. The molecule has 2 amide bonds. The highest BCUT2D eigenvalue weighted by Gasteiger charge is 2.45. The van der Waals surface area contributed by atoms with Gasteiger partial charge in [0.2, 0.25) is 11.8 Å². The number of nitrogens with one attached hydrogen (secondary N) is 1. The first-order chi connectivity index (χ1) is 30.0. The quantitative estimate of drug-likeness (QED) is 0.0722. The first-order valence-corrected chi connectivity index (χ1v) is 22.3. The van der Waals surface area contributed by atoms with Gasteiger partial charge in [0, 0.05) is 56.2 Å². The molecule has 1 aromatic carbocycles. The highest BCUT2D eigenvalue weighted by atomic mass is 19.3. The lowest BCUT2D eigenvalue weighted by Gasteiger charge is -2.30. The highest BCUT2D eigenvalue weighted by molar-refractivity contribution is 6.11. The van der Waals surface area contributed by atoms with Crippen molar-refractivity contribution in [2.45, 2.75) is 108 Å². The van der Waals surface area contributed by atoms with Gasteiger partial charge in [0.25, 0.3) is 12.3 Å². The number of carbonyl (C=O) groups is 4. The zero-order valence-corrected chi connectivity index (χ0v) is 35.7. The Balaban J connectivity index is 0.743. The fourth-order valence-electron chi connectivity index (χ4n) is 9.51. The molecule has 0 spiro atoms. The number of fused-ring (bicyclic) bond motifs is 1. The van der Waals surface area contributed by atoms with E-state index in [1.165, 1.54) is 25.3 Å². The molecule has 3 aliphatic carbocycles. The molecule has 330 valence electrons. The summed E-state index contributed by atoms with van der Waals surface area (Å²) in [6.07, 6.45) is 12.9. The molecule has 3 fully saturated rings. The smallest absolute Gasteiger partial charge is 0.284 e. The lowest BCUT2D eigenvalue weighted by atomic mass is 9.76. The number of carbonyl (C=O) groups excluding carboxylic acids is 4. The van der Waals surface area contributed by atoms with E-state index in [9.17, 15) is 28.0 Å². The third-order valence-electron chi connectivity index (χ3n) is 13.3. The summed E-state index contributed by atoms with van der Waals surface area (Å²) in [6.45, 7) is 2.92. The van der Waals surface area contributed by atoms with Crippen molar-refractivity contribution in [3.05, 3.63) is 77.2 Å². The Labute approximate surface area is 361 Å². The number of halogens is 2. The lowest BCUT2D eigenvalue weighted by molar-refractivity contribution is -0.136. The van der Waals surface area contributed by atoms with Crippen molar-refractivity contribution < 1.29 is 37.1 Å². The number of ketones is 2. The number of alkyl halides is 2. The van der Waals surface area contributed by atoms with Crippen LogP contribution in [0.15, 0.2) is 53.4 Å². The summed E-state index contributed by atoms with van der Waals surface area (Å²) in [5, 5.41) is 6.84. The monoisotopic (exact) mass is 853 g/mol. The molecule has 3 saturated carbocycles. The predicted octanol–water partition coefficient (Wildman–Crippen LogP) is 8.17. The van der Waals surface area contributed by atoms with Crippen LogP contribution in [0.4, 0.5) is 20.2 Å². The number of hydrogen-bond donors (Lipinski definition) is 1. The summed E-state index contributed by atoms with van der Waals surface area (Å²) in [7, 11) is 3.87. The molecule has 62 heavy (non-hydrogen) atoms. The molecule has 0 saturated heterocycles. The number of ether oxygens (including phenoxy) is 1. The molecular formula is C47H57F2N7O6. The second kappa shape index (κ2) is 19.5. The number of Topliss-reactive ketones (excluding diaryl/α,β-unsaturated/α-hetero) is 2. The highest BCUT2D eigenvalue weighted by Crippen LogP contribution is 2.46. The Morgan fingerprint density at radius 1 is 1.00 bits per heavy atom. The molecule has 15 heteroatoms. The van der Waals surface area contributed by atoms with E-state index < -0.39 is 29.9 Å². The van der Waals surface area contributed by atoms with Crippen molar-refractivity contribution >= 4 is 34.8 Å². The Morgan fingerprint density at radius 2 is 1.79 bits per heavy atom. The maximum atomic E-state index is 14.1. The van der Waals surface area contributed by atoms with Crippen LogP contribution in [0.3, 0.4) is 0 Å². The molecule has 1 aliphatic heterocycles. The molecule has 0 radical (unpaired) electrons. The van der Waals surface area contributed by atoms with E-state index >= 15 is 0 Å². The largest absolute Gasteiger partial charge is 0.444 e. The number of benzene rings is 1. The first kappa shape index (κ1) is 43.5. The maximum absolute atomic E-state index is 14.1. The van der Waals surface area contributed by atoms with Crippen LogP contribution in [0.2, 0.25) is 0 Å². The summed E-state index contributed by atoms with van der Waals surface area (Å²) in [4.78, 5) is 63.8. The lowest BCUT2D eigenvalue weighted by Crippen LogP contribution is -2.35. The van der Waals surface area contributed by atoms with Gasteiger partial charge in [-0.1, -0.05) is 31.0 Å². The van der Waals surface area contributed by atoms with Crippen LogP contribution < -0.4 is 10.2 Å². The van der Waals surface area contributed by atoms with Gasteiger partial charge in [-0.25, -0.2) is 13.8 Å². The van der Waals surface area contributed by atoms with Crippen molar-refractivity contribution in [3.63, 3.8) is 0 Å². The van der Waals surface area contributed by atoms with Crippen LogP contribution in [0, 0.1) is 17.8 Å². The van der Waals surface area contributed by atoms with Gasteiger partial charge in [-0.05, 0) is 113 Å². The Morgan fingerprint density at radius 3 is 2.56 bits per heavy atom. The minimum Gasteiger partial charge on any atom is -0.444 e. The van der Waals surface area contributed by atoms with Gasteiger partial charge in [-0.15, -0.1) is 0 Å². The standard InChI is InChI=1S/C47H57F2N7O6/c1-54(22-24-61-23-4-6-31-5-3-7-37-41(47(60)55(2)43(31)37)36-17-16-35(57)26-40(36)58)21-19-30-11-14-34(15-12-30)56-27-38(42(53-56)44(48)49)51-45(59)39-28-62-46(52-39)32-18-20-50-33(25-32)13-10-29-8-9-29/h3,5,7,18,20,25,27-30,34,36,41,44H,4,6,8-17,19,21-24,26H2,1-2H3,(H,51,59). The van der Waals surface area contributed by atoms with Gasteiger partial charge in [0.05, 0.1) is 36.4 Å². The SMILES string of the molecule is CN(CCOCCCc1cccc2c1N(C)C(=O)C2C1CCC(=O)CC1=O)CCC1CCC(n2cc(NC(=O)c3coc(-c4ccnc(CCC5CC5)c4)n3)c(C(F)F)n2)CC1. The summed E-state index contributed by atoms with van der Waals surface area (Å²) in [6, 6.07) is 9.59. The molecule has 1 N–H and O–H groups in total. The Hall–Kier alpha value is -5.15. The molecule has 13 nitrogen and oxygen atoms in total. The van der Waals surface area contributed by atoms with E-state index in [-0.39, 0.29) is 47.2 Å². The van der Waals surface area contributed by atoms with Crippen LogP contribution in [0.25, 0.3) is 11.5 Å². The van der Waals surface area contributed by atoms with Crippen molar-refractivity contribution in [2.24, 2.45) is 17.8 Å². The fourth-order valence-corrected chi connectivity index (χ4v) is 9.51. The average Bonchev–Trinajstić information content (AvgIpc) is 3.67. The number of para-hydroxylation sites is 1. The van der Waals surface area contributed by atoms with E-state index in [4.69, 9.17) is 9.15 Å². The number of pyridine rings is 1. The third kappa shape index (κ3) is 10.2. The molecule has 4 heterocycles. The minimum absolute atomic E-state index is 0.00852. The average molecular weight is 854 g/mol. The molecule has 4 aliphatic rings. The maximum Gasteiger partial charge on any atom is 0.284 e. The van der Waals surface area contributed by atoms with Crippen molar-refractivity contribution in [2.75, 3.05) is 50.6 Å². The summed E-state index contributed by atoms with van der Waals surface area (Å²) in [5.74, 6) is -0.259. The van der Waals surface area contributed by atoms with E-state index in [0.717, 1.165) is 99.3 Å². The van der Waals surface area contributed by atoms with E-state index in [2.05, 4.69) is 32.3 Å². The van der Waals surface area contributed by atoms with Gasteiger partial charge in [0.15, 0.2) is 11.4 Å². The molecule has 0 bridgehead atoms. The van der Waals surface area contributed by atoms with Gasteiger partial charge >= 0.3 is 0 Å². The number of aryl methyl sites for hydroxylation is 2. The van der Waals surface area contributed by atoms with Gasteiger partial charge in [-0.3, -0.25) is 28.8 Å². The second-order valence-electron chi connectivity index (χ2n) is 17.8. The fraction of sp³-hybridized carbons (Fsp3) is 0.553. The number of aromatic nitrogens is 4. The Bertz CT molecular complexity index is 2250. The first-order valence-electron chi connectivity index (χ1n) is 22.3. The van der Waals surface area contributed by atoms with Gasteiger partial charge in [-0.2, -0.15) is 5.10 Å². The topological polar surface area (TPSA) is 153 Å². The van der Waals surface area contributed by atoms with Crippen LogP contribution in [-0.2, 0) is 32.0 Å². The predicted molar refractivity (Wildman–Crippen MR) is 228 cm³/mol. The normalized spacial score (nSPS) is 21.6. The van der Waals surface area contributed by atoms with Crippen molar-refractivity contribution in [1.29, 1.82) is 0 Å². The molecule has 4 aromatic rings. The molecular weight excluding hydrogens is 797 g/mol. The third-order valence-corrected chi connectivity index (χ3v) is 13.3. The number of hydrogen-bond acceptors (Lipinski definition) is 10. The van der Waals surface area contributed by atoms with E-state index in [0.29, 0.717) is 37.5 Å². The molecule has 8 rings (SSSR count). The number of oxazole rings is 1.